The molecule has 0 saturated heterocycles. The number of thioether (sulfide) groups is 1. The van der Waals surface area contributed by atoms with Gasteiger partial charge in [-0.15, -0.1) is 0 Å². The zero-order valence-corrected chi connectivity index (χ0v) is 14.5. The largest absolute Gasteiger partial charge is 0.383 e. The van der Waals surface area contributed by atoms with Gasteiger partial charge in [-0.1, -0.05) is 43.6 Å². The van der Waals surface area contributed by atoms with E-state index in [0.29, 0.717) is 10.8 Å². The summed E-state index contributed by atoms with van der Waals surface area (Å²) < 4.78 is 1.70. The van der Waals surface area contributed by atoms with Crippen molar-refractivity contribution in [3.05, 3.63) is 43.6 Å². The highest BCUT2D eigenvalue weighted by atomic mass is 79.9. The van der Waals surface area contributed by atoms with Gasteiger partial charge in [-0.3, -0.25) is 9.59 Å². The molecule has 1 aromatic carbocycles. The van der Waals surface area contributed by atoms with Crippen LogP contribution in [-0.4, -0.2) is 21.6 Å². The van der Waals surface area contributed by atoms with E-state index in [9.17, 15) is 9.59 Å². The van der Waals surface area contributed by atoms with E-state index in [4.69, 9.17) is 5.73 Å². The van der Waals surface area contributed by atoms with Crippen molar-refractivity contribution in [3.8, 4) is 0 Å². The highest BCUT2D eigenvalue weighted by Crippen LogP contribution is 2.23. The van der Waals surface area contributed by atoms with Gasteiger partial charge in [-0.25, -0.2) is 4.98 Å². The molecule has 2 aromatic rings. The molecule has 1 heterocycles. The second-order valence-corrected chi connectivity index (χ2v) is 6.77. The number of carbonyl (C=O) groups excluding carboxylic acids is 1. The molecule has 4 N–H and O–H groups in total. The van der Waals surface area contributed by atoms with Crippen LogP contribution in [-0.2, 0) is 4.79 Å². The van der Waals surface area contributed by atoms with Gasteiger partial charge in [0, 0.05) is 20.7 Å². The van der Waals surface area contributed by atoms with Crippen LogP contribution in [0, 0.1) is 0 Å². The maximum absolute atomic E-state index is 11.9. The molecule has 0 spiro atoms. The molecule has 0 bridgehead atoms. The molecule has 0 radical (unpaired) electrons. The maximum Gasteiger partial charge on any atom is 0.253 e. The van der Waals surface area contributed by atoms with Crippen molar-refractivity contribution >= 4 is 61.0 Å². The van der Waals surface area contributed by atoms with E-state index in [1.54, 1.807) is 12.1 Å². The molecular weight excluding hydrogens is 424 g/mol. The van der Waals surface area contributed by atoms with E-state index in [0.717, 1.165) is 20.7 Å². The third-order valence-electron chi connectivity index (χ3n) is 2.23. The number of amides is 1. The Bertz CT molecular complexity index is 715. The van der Waals surface area contributed by atoms with Crippen molar-refractivity contribution in [1.82, 2.24) is 9.97 Å². The van der Waals surface area contributed by atoms with Crippen LogP contribution in [0.2, 0.25) is 0 Å². The number of nitrogens with zero attached hydrogens (tertiary/aromatic N) is 1. The fourth-order valence-corrected chi connectivity index (χ4v) is 3.46. The van der Waals surface area contributed by atoms with Crippen molar-refractivity contribution in [1.29, 1.82) is 0 Å². The normalized spacial score (nSPS) is 10.4. The number of halogens is 2. The molecule has 110 valence electrons. The smallest absolute Gasteiger partial charge is 0.253 e. The Morgan fingerprint density at radius 3 is 2.57 bits per heavy atom. The molecule has 0 aliphatic rings. The Morgan fingerprint density at radius 1 is 1.29 bits per heavy atom. The number of rotatable bonds is 4. The molecule has 1 aromatic heterocycles. The molecule has 0 atom stereocenters. The van der Waals surface area contributed by atoms with Gasteiger partial charge >= 0.3 is 0 Å². The SMILES string of the molecule is Nc1cc(=O)[nH]c(SCC(=O)Nc2cc(Br)cc(Br)c2)n1. The summed E-state index contributed by atoms with van der Waals surface area (Å²) >= 11 is 7.79. The van der Waals surface area contributed by atoms with Crippen molar-refractivity contribution in [3.63, 3.8) is 0 Å². The van der Waals surface area contributed by atoms with Gasteiger partial charge in [-0.2, -0.15) is 0 Å². The van der Waals surface area contributed by atoms with E-state index in [2.05, 4.69) is 47.1 Å². The summed E-state index contributed by atoms with van der Waals surface area (Å²) in [5, 5.41) is 3.06. The van der Waals surface area contributed by atoms with Crippen LogP contribution in [0.1, 0.15) is 0 Å². The molecule has 1 amide bonds. The average Bonchev–Trinajstić information content (AvgIpc) is 2.34. The number of hydrogen-bond acceptors (Lipinski definition) is 5. The molecule has 0 aliphatic heterocycles. The molecule has 0 fully saturated rings. The van der Waals surface area contributed by atoms with Crippen molar-refractivity contribution in [2.75, 3.05) is 16.8 Å². The summed E-state index contributed by atoms with van der Waals surface area (Å²) in [5.41, 5.74) is 5.78. The van der Waals surface area contributed by atoms with Crippen LogP contribution >= 0.6 is 43.6 Å². The molecule has 0 unspecified atom stereocenters. The topological polar surface area (TPSA) is 101 Å². The summed E-state index contributed by atoms with van der Waals surface area (Å²) in [5.74, 6) is 0.0175. The van der Waals surface area contributed by atoms with Gasteiger partial charge in [0.25, 0.3) is 5.56 Å². The van der Waals surface area contributed by atoms with E-state index in [1.807, 2.05) is 6.07 Å². The Balaban J connectivity index is 1.97. The number of anilines is 2. The lowest BCUT2D eigenvalue weighted by Crippen LogP contribution is -2.15. The lowest BCUT2D eigenvalue weighted by molar-refractivity contribution is -0.113. The predicted octanol–water partition coefficient (Wildman–Crippen LogP) is 2.61. The number of aromatic nitrogens is 2. The minimum atomic E-state index is -0.346. The molecule has 0 aliphatic carbocycles. The summed E-state index contributed by atoms with van der Waals surface area (Å²) in [6.07, 6.45) is 0. The Hall–Kier alpha value is -1.32. The van der Waals surface area contributed by atoms with Crippen LogP contribution in [0.5, 0.6) is 0 Å². The maximum atomic E-state index is 11.9. The first-order valence-electron chi connectivity index (χ1n) is 5.68. The van der Waals surface area contributed by atoms with E-state index in [1.165, 1.54) is 6.07 Å². The first kappa shape index (κ1) is 16.1. The molecule has 6 nitrogen and oxygen atoms in total. The van der Waals surface area contributed by atoms with Gasteiger partial charge in [0.2, 0.25) is 5.91 Å². The summed E-state index contributed by atoms with van der Waals surface area (Å²) in [6, 6.07) is 6.62. The van der Waals surface area contributed by atoms with Crippen LogP contribution in [0.15, 0.2) is 43.2 Å². The highest BCUT2D eigenvalue weighted by molar-refractivity contribution is 9.11. The number of carbonyl (C=O) groups is 1. The fraction of sp³-hybridized carbons (Fsp3) is 0.0833. The molecule has 21 heavy (non-hydrogen) atoms. The third kappa shape index (κ3) is 5.18. The lowest BCUT2D eigenvalue weighted by atomic mass is 10.3. The summed E-state index contributed by atoms with van der Waals surface area (Å²) in [6.45, 7) is 0. The Labute approximate surface area is 141 Å². The average molecular weight is 434 g/mol. The van der Waals surface area contributed by atoms with Crippen molar-refractivity contribution < 1.29 is 4.79 Å². The van der Waals surface area contributed by atoms with Crippen LogP contribution in [0.4, 0.5) is 11.5 Å². The fourth-order valence-electron chi connectivity index (χ4n) is 1.48. The third-order valence-corrected chi connectivity index (χ3v) is 4.02. The van der Waals surface area contributed by atoms with Crippen molar-refractivity contribution in [2.45, 2.75) is 5.16 Å². The number of hydrogen-bond donors (Lipinski definition) is 3. The number of nitrogens with two attached hydrogens (primary N) is 1. The number of nitrogens with one attached hydrogen (secondary N) is 2. The van der Waals surface area contributed by atoms with Gasteiger partial charge in [0.15, 0.2) is 5.16 Å². The number of benzene rings is 1. The van der Waals surface area contributed by atoms with Gasteiger partial charge in [0.1, 0.15) is 5.82 Å². The van der Waals surface area contributed by atoms with Crippen LogP contribution in [0.25, 0.3) is 0 Å². The van der Waals surface area contributed by atoms with Crippen LogP contribution < -0.4 is 16.6 Å². The highest BCUT2D eigenvalue weighted by Gasteiger charge is 2.07. The van der Waals surface area contributed by atoms with Gasteiger partial charge in [-0.05, 0) is 18.2 Å². The Morgan fingerprint density at radius 2 is 1.95 bits per heavy atom. The second-order valence-electron chi connectivity index (χ2n) is 3.97. The minimum absolute atomic E-state index is 0.108. The Kier molecular flexibility index (Phi) is 5.43. The number of H-pyrrole nitrogens is 1. The standard InChI is InChI=1S/C12H10Br2N4O2S/c13-6-1-7(14)3-8(2-6)16-11(20)5-21-12-17-9(15)4-10(19)18-12/h1-4H,5H2,(H,16,20)(H3,15,17,18,19). The quantitative estimate of drug-likeness (QED) is 0.508. The summed E-state index contributed by atoms with van der Waals surface area (Å²) in [7, 11) is 0. The monoisotopic (exact) mass is 432 g/mol. The molecular formula is C12H10Br2N4O2S. The van der Waals surface area contributed by atoms with E-state index >= 15 is 0 Å². The second kappa shape index (κ2) is 7.10. The zero-order valence-electron chi connectivity index (χ0n) is 10.5. The van der Waals surface area contributed by atoms with E-state index in [-0.39, 0.29) is 23.0 Å². The van der Waals surface area contributed by atoms with Crippen molar-refractivity contribution in [2.24, 2.45) is 0 Å². The predicted molar refractivity (Wildman–Crippen MR) is 90.5 cm³/mol. The number of aromatic amines is 1. The van der Waals surface area contributed by atoms with Crippen LogP contribution in [0.3, 0.4) is 0 Å². The minimum Gasteiger partial charge on any atom is -0.383 e. The first-order chi connectivity index (χ1) is 9.92. The van der Waals surface area contributed by atoms with E-state index < -0.39 is 0 Å². The van der Waals surface area contributed by atoms with Gasteiger partial charge in [0.05, 0.1) is 5.75 Å². The lowest BCUT2D eigenvalue weighted by Gasteiger charge is -2.06. The van der Waals surface area contributed by atoms with Gasteiger partial charge < -0.3 is 16.0 Å². The molecule has 9 heteroatoms. The molecule has 2 rings (SSSR count). The summed E-state index contributed by atoms with van der Waals surface area (Å²) in [4.78, 5) is 29.5. The zero-order chi connectivity index (χ0) is 15.4. The molecule has 0 saturated carbocycles. The first-order valence-corrected chi connectivity index (χ1v) is 8.25. The number of nitrogen functional groups attached to an aromatic ring is 1.